The summed E-state index contributed by atoms with van der Waals surface area (Å²) in [6.07, 6.45) is 3.19. The molecule has 122 valence electrons. The Morgan fingerprint density at radius 3 is 2.95 bits per heavy atom. The van der Waals surface area contributed by atoms with E-state index < -0.39 is 18.0 Å². The highest BCUT2D eigenvalue weighted by atomic mass is 19.1. The number of benzene rings is 1. The van der Waals surface area contributed by atoms with Crippen LogP contribution in [-0.4, -0.2) is 30.4 Å². The van der Waals surface area contributed by atoms with Crippen LogP contribution in [0.4, 0.5) is 14.9 Å². The van der Waals surface area contributed by atoms with Crippen LogP contribution in [0.25, 0.3) is 0 Å². The minimum atomic E-state index is -0.561. The average Bonchev–Trinajstić information content (AvgIpc) is 3.30. The number of nitrogens with one attached hydrogen (secondary N) is 2. The van der Waals surface area contributed by atoms with Gasteiger partial charge >= 0.3 is 6.03 Å². The SMILES string of the molecule is CCCC(O)CNC(=O)Nc1ccc(F)cc1OCC1CC1. The Balaban J connectivity index is 1.88. The maximum atomic E-state index is 13.3. The molecule has 6 heteroatoms. The van der Waals surface area contributed by atoms with Crippen LogP contribution in [0.3, 0.4) is 0 Å². The van der Waals surface area contributed by atoms with Gasteiger partial charge in [0.05, 0.1) is 18.4 Å². The van der Waals surface area contributed by atoms with Gasteiger partial charge < -0.3 is 20.5 Å². The van der Waals surface area contributed by atoms with Gasteiger partial charge in [0, 0.05) is 12.6 Å². The zero-order valence-electron chi connectivity index (χ0n) is 12.8. The minimum absolute atomic E-state index is 0.180. The normalized spacial score (nSPS) is 15.2. The molecule has 1 aliphatic carbocycles. The fourth-order valence-electron chi connectivity index (χ4n) is 2.02. The first-order chi connectivity index (χ1) is 10.6. The van der Waals surface area contributed by atoms with Gasteiger partial charge in [0.1, 0.15) is 11.6 Å². The average molecular weight is 310 g/mol. The number of hydrogen-bond donors (Lipinski definition) is 3. The van der Waals surface area contributed by atoms with E-state index in [9.17, 15) is 14.3 Å². The van der Waals surface area contributed by atoms with Crippen molar-refractivity contribution in [3.8, 4) is 5.75 Å². The van der Waals surface area contributed by atoms with E-state index in [4.69, 9.17) is 4.74 Å². The molecule has 22 heavy (non-hydrogen) atoms. The second-order valence-corrected chi connectivity index (χ2v) is 5.67. The number of anilines is 1. The lowest BCUT2D eigenvalue weighted by molar-refractivity contribution is 0.162. The van der Waals surface area contributed by atoms with E-state index in [0.717, 1.165) is 19.3 Å². The van der Waals surface area contributed by atoms with E-state index in [2.05, 4.69) is 10.6 Å². The van der Waals surface area contributed by atoms with Crippen molar-refractivity contribution in [3.63, 3.8) is 0 Å². The maximum absolute atomic E-state index is 13.3. The summed E-state index contributed by atoms with van der Waals surface area (Å²) in [6, 6.07) is 3.56. The number of amides is 2. The summed E-state index contributed by atoms with van der Waals surface area (Å²) in [6.45, 7) is 2.68. The molecule has 0 aromatic heterocycles. The third-order valence-corrected chi connectivity index (χ3v) is 3.48. The molecule has 0 aliphatic heterocycles. The van der Waals surface area contributed by atoms with E-state index in [1.54, 1.807) is 0 Å². The van der Waals surface area contributed by atoms with Gasteiger partial charge in [-0.3, -0.25) is 0 Å². The summed E-state index contributed by atoms with van der Waals surface area (Å²) in [5.41, 5.74) is 0.421. The lowest BCUT2D eigenvalue weighted by Crippen LogP contribution is -2.35. The summed E-state index contributed by atoms with van der Waals surface area (Å²) in [5.74, 6) is 0.459. The first-order valence-corrected chi connectivity index (χ1v) is 7.73. The number of rotatable bonds is 8. The largest absolute Gasteiger partial charge is 0.491 e. The summed E-state index contributed by atoms with van der Waals surface area (Å²) in [5, 5.41) is 14.8. The third kappa shape index (κ3) is 5.52. The van der Waals surface area contributed by atoms with Gasteiger partial charge in [0.25, 0.3) is 0 Å². The van der Waals surface area contributed by atoms with Gasteiger partial charge in [0.2, 0.25) is 0 Å². The second-order valence-electron chi connectivity index (χ2n) is 5.67. The fourth-order valence-corrected chi connectivity index (χ4v) is 2.02. The van der Waals surface area contributed by atoms with Gasteiger partial charge in [0.15, 0.2) is 0 Å². The second kappa shape index (κ2) is 7.98. The van der Waals surface area contributed by atoms with Crippen molar-refractivity contribution in [2.45, 2.75) is 38.7 Å². The third-order valence-electron chi connectivity index (χ3n) is 3.48. The van der Waals surface area contributed by atoms with E-state index in [0.29, 0.717) is 30.4 Å². The van der Waals surface area contributed by atoms with Crippen molar-refractivity contribution in [3.05, 3.63) is 24.0 Å². The highest BCUT2D eigenvalue weighted by Gasteiger charge is 2.22. The van der Waals surface area contributed by atoms with Crippen molar-refractivity contribution in [2.75, 3.05) is 18.5 Å². The van der Waals surface area contributed by atoms with Crippen molar-refractivity contribution in [1.82, 2.24) is 5.32 Å². The summed E-state index contributed by atoms with van der Waals surface area (Å²) >= 11 is 0. The van der Waals surface area contributed by atoms with Crippen LogP contribution in [0.5, 0.6) is 5.75 Å². The molecule has 0 saturated heterocycles. The molecule has 5 nitrogen and oxygen atoms in total. The Labute approximate surface area is 129 Å². The number of hydrogen-bond acceptors (Lipinski definition) is 3. The first kappa shape index (κ1) is 16.5. The van der Waals surface area contributed by atoms with Crippen LogP contribution >= 0.6 is 0 Å². The number of carbonyl (C=O) groups excluding carboxylic acids is 1. The van der Waals surface area contributed by atoms with Gasteiger partial charge in [-0.25, -0.2) is 9.18 Å². The van der Waals surface area contributed by atoms with Crippen LogP contribution in [0, 0.1) is 11.7 Å². The summed E-state index contributed by atoms with van der Waals surface area (Å²) in [7, 11) is 0. The molecule has 0 heterocycles. The molecule has 1 aromatic rings. The van der Waals surface area contributed by atoms with Gasteiger partial charge in [-0.1, -0.05) is 13.3 Å². The Morgan fingerprint density at radius 2 is 2.27 bits per heavy atom. The molecule has 2 amide bonds. The zero-order chi connectivity index (χ0) is 15.9. The van der Waals surface area contributed by atoms with Crippen LogP contribution in [-0.2, 0) is 0 Å². The molecule has 0 radical (unpaired) electrons. The summed E-state index contributed by atoms with van der Waals surface area (Å²) in [4.78, 5) is 11.8. The van der Waals surface area contributed by atoms with Crippen LogP contribution in [0.1, 0.15) is 32.6 Å². The Bertz CT molecular complexity index is 506. The molecule has 3 N–H and O–H groups in total. The molecule has 1 atom stereocenters. The highest BCUT2D eigenvalue weighted by molar-refractivity contribution is 5.90. The number of urea groups is 1. The first-order valence-electron chi connectivity index (χ1n) is 7.73. The van der Waals surface area contributed by atoms with Crippen LogP contribution < -0.4 is 15.4 Å². The molecule has 1 saturated carbocycles. The maximum Gasteiger partial charge on any atom is 0.319 e. The number of halogens is 1. The minimum Gasteiger partial charge on any atom is -0.491 e. The monoisotopic (exact) mass is 310 g/mol. The molecule has 1 aliphatic rings. The van der Waals surface area contributed by atoms with Crippen molar-refractivity contribution in [2.24, 2.45) is 5.92 Å². The van der Waals surface area contributed by atoms with E-state index in [1.165, 1.54) is 18.2 Å². The highest BCUT2D eigenvalue weighted by Crippen LogP contribution is 2.32. The van der Waals surface area contributed by atoms with Crippen molar-refractivity contribution >= 4 is 11.7 Å². The molecule has 0 bridgehead atoms. The molecular formula is C16H23FN2O3. The van der Waals surface area contributed by atoms with Crippen LogP contribution in [0.2, 0.25) is 0 Å². The predicted molar refractivity (Wildman–Crippen MR) is 82.6 cm³/mol. The number of ether oxygens (including phenoxy) is 1. The summed E-state index contributed by atoms with van der Waals surface area (Å²) < 4.78 is 18.9. The molecule has 1 aromatic carbocycles. The van der Waals surface area contributed by atoms with Gasteiger partial charge in [-0.05, 0) is 37.3 Å². The van der Waals surface area contributed by atoms with Crippen molar-refractivity contribution < 1.29 is 19.0 Å². The zero-order valence-corrected chi connectivity index (χ0v) is 12.8. The number of aliphatic hydroxyl groups is 1. The fraction of sp³-hybridized carbons (Fsp3) is 0.562. The van der Waals surface area contributed by atoms with E-state index in [-0.39, 0.29) is 6.54 Å². The van der Waals surface area contributed by atoms with E-state index >= 15 is 0 Å². The predicted octanol–water partition coefficient (Wildman–Crippen LogP) is 2.90. The van der Waals surface area contributed by atoms with Crippen LogP contribution in [0.15, 0.2) is 18.2 Å². The Morgan fingerprint density at radius 1 is 1.50 bits per heavy atom. The molecule has 2 rings (SSSR count). The quantitative estimate of drug-likeness (QED) is 0.691. The Kier molecular flexibility index (Phi) is 6.00. The van der Waals surface area contributed by atoms with Gasteiger partial charge in [-0.15, -0.1) is 0 Å². The lowest BCUT2D eigenvalue weighted by Gasteiger charge is -2.14. The molecule has 1 unspecified atom stereocenters. The smallest absolute Gasteiger partial charge is 0.319 e. The van der Waals surface area contributed by atoms with Gasteiger partial charge in [-0.2, -0.15) is 0 Å². The number of aliphatic hydroxyl groups excluding tert-OH is 1. The molecular weight excluding hydrogens is 287 g/mol. The standard InChI is InChI=1S/C16H23FN2O3/c1-2-3-13(20)9-18-16(21)19-14-7-6-12(17)8-15(14)22-10-11-4-5-11/h6-8,11,13,20H,2-5,9-10H2,1H3,(H2,18,19,21). The van der Waals surface area contributed by atoms with E-state index in [1.807, 2.05) is 6.92 Å². The topological polar surface area (TPSA) is 70.6 Å². The lowest BCUT2D eigenvalue weighted by atomic mass is 10.2. The van der Waals surface area contributed by atoms with Crippen molar-refractivity contribution in [1.29, 1.82) is 0 Å². The molecule has 0 spiro atoms. The number of carbonyl (C=O) groups is 1. The molecule has 1 fully saturated rings. The Hall–Kier alpha value is -1.82.